The first-order valence-corrected chi connectivity index (χ1v) is 5.33. The third-order valence-corrected chi connectivity index (χ3v) is 2.74. The molecular weight excluding hydrogens is 174 g/mol. The van der Waals surface area contributed by atoms with Gasteiger partial charge in [0.2, 0.25) is 0 Å². The highest BCUT2D eigenvalue weighted by Crippen LogP contribution is 2.24. The van der Waals surface area contributed by atoms with Crippen molar-refractivity contribution >= 4 is 11.6 Å². The molecule has 1 rings (SSSR count). The summed E-state index contributed by atoms with van der Waals surface area (Å²) in [4.78, 5) is 2.41. The quantitative estimate of drug-likeness (QED) is 0.643. The minimum absolute atomic E-state index is 0.297. The van der Waals surface area contributed by atoms with Gasteiger partial charge in [-0.05, 0) is 19.3 Å². The van der Waals surface area contributed by atoms with E-state index in [2.05, 4.69) is 4.90 Å². The number of rotatable bonds is 6. The summed E-state index contributed by atoms with van der Waals surface area (Å²) in [6, 6.07) is 0.760. The molecule has 0 aliphatic heterocycles. The normalized spacial score (nSPS) is 18.2. The van der Waals surface area contributed by atoms with Gasteiger partial charge in [-0.1, -0.05) is 6.42 Å². The number of aliphatic hydroxyl groups excluding tert-OH is 1. The molecule has 0 amide bonds. The molecule has 0 radical (unpaired) electrons. The first-order chi connectivity index (χ1) is 5.88. The molecule has 0 aromatic carbocycles. The van der Waals surface area contributed by atoms with Crippen molar-refractivity contribution in [2.45, 2.75) is 31.7 Å². The maximum absolute atomic E-state index is 8.70. The Labute approximate surface area is 79.5 Å². The van der Waals surface area contributed by atoms with Crippen molar-refractivity contribution in [1.29, 1.82) is 0 Å². The van der Waals surface area contributed by atoms with Crippen molar-refractivity contribution in [2.24, 2.45) is 0 Å². The molecule has 0 bridgehead atoms. The molecule has 0 atom stereocenters. The van der Waals surface area contributed by atoms with Crippen molar-refractivity contribution in [2.75, 3.05) is 25.6 Å². The zero-order valence-electron chi connectivity index (χ0n) is 7.51. The Hall–Kier alpha value is 0.210. The Morgan fingerprint density at radius 2 is 2.08 bits per heavy atom. The summed E-state index contributed by atoms with van der Waals surface area (Å²) in [6.45, 7) is 2.28. The van der Waals surface area contributed by atoms with Gasteiger partial charge in [0, 0.05) is 31.6 Å². The van der Waals surface area contributed by atoms with Crippen molar-refractivity contribution < 1.29 is 5.11 Å². The number of alkyl halides is 1. The van der Waals surface area contributed by atoms with Gasteiger partial charge in [-0.2, -0.15) is 0 Å². The predicted octanol–water partition coefficient (Wildman–Crippen LogP) is 1.46. The lowest BCUT2D eigenvalue weighted by atomic mass is 9.91. The lowest BCUT2D eigenvalue weighted by molar-refractivity contribution is 0.124. The van der Waals surface area contributed by atoms with E-state index < -0.39 is 0 Å². The van der Waals surface area contributed by atoms with E-state index in [1.165, 1.54) is 19.3 Å². The van der Waals surface area contributed by atoms with Crippen LogP contribution in [0.25, 0.3) is 0 Å². The van der Waals surface area contributed by atoms with E-state index in [1.807, 2.05) is 0 Å². The van der Waals surface area contributed by atoms with Gasteiger partial charge in [0.15, 0.2) is 0 Å². The highest BCUT2D eigenvalue weighted by molar-refractivity contribution is 6.18. The van der Waals surface area contributed by atoms with Crippen molar-refractivity contribution in [1.82, 2.24) is 4.90 Å². The zero-order chi connectivity index (χ0) is 8.81. The molecule has 0 unspecified atom stereocenters. The highest BCUT2D eigenvalue weighted by atomic mass is 35.5. The molecule has 1 aliphatic carbocycles. The molecule has 0 spiro atoms. The first kappa shape index (κ1) is 10.3. The summed E-state index contributed by atoms with van der Waals surface area (Å²) in [7, 11) is 0. The monoisotopic (exact) mass is 191 g/mol. The second-order valence-corrected chi connectivity index (χ2v) is 3.76. The number of aliphatic hydroxyl groups is 1. The van der Waals surface area contributed by atoms with Gasteiger partial charge in [0.25, 0.3) is 0 Å². The molecule has 1 N–H and O–H groups in total. The largest absolute Gasteiger partial charge is 0.396 e. The summed E-state index contributed by atoms with van der Waals surface area (Å²) in [6.07, 6.45) is 4.89. The van der Waals surface area contributed by atoms with Crippen LogP contribution in [0.3, 0.4) is 0 Å². The van der Waals surface area contributed by atoms with Crippen LogP contribution in [0, 0.1) is 0 Å². The maximum atomic E-state index is 8.70. The smallest absolute Gasteiger partial charge is 0.0443 e. The van der Waals surface area contributed by atoms with Crippen LogP contribution in [0.1, 0.15) is 25.7 Å². The number of hydrogen-bond donors (Lipinski definition) is 1. The van der Waals surface area contributed by atoms with Crippen LogP contribution in [0.15, 0.2) is 0 Å². The summed E-state index contributed by atoms with van der Waals surface area (Å²) < 4.78 is 0. The van der Waals surface area contributed by atoms with Gasteiger partial charge in [0.1, 0.15) is 0 Å². The van der Waals surface area contributed by atoms with Gasteiger partial charge in [-0.15, -0.1) is 11.6 Å². The van der Waals surface area contributed by atoms with Crippen LogP contribution < -0.4 is 0 Å². The zero-order valence-corrected chi connectivity index (χ0v) is 8.26. The SMILES string of the molecule is OCCCN(CCCl)C1CCC1. The molecule has 1 saturated carbocycles. The Morgan fingerprint density at radius 3 is 2.50 bits per heavy atom. The van der Waals surface area contributed by atoms with Crippen LogP contribution >= 0.6 is 11.6 Å². The fourth-order valence-electron chi connectivity index (χ4n) is 1.61. The maximum Gasteiger partial charge on any atom is 0.0443 e. The Balaban J connectivity index is 2.17. The van der Waals surface area contributed by atoms with E-state index in [0.29, 0.717) is 12.5 Å². The topological polar surface area (TPSA) is 23.5 Å². The summed E-state index contributed by atoms with van der Waals surface area (Å²) in [5.74, 6) is 0.710. The standard InChI is InChI=1S/C9H18ClNO/c10-5-7-11(6-2-8-12)9-3-1-4-9/h9,12H,1-8H2. The molecule has 0 aromatic rings. The lowest BCUT2D eigenvalue weighted by Crippen LogP contribution is -2.42. The Morgan fingerprint density at radius 1 is 1.33 bits per heavy atom. The van der Waals surface area contributed by atoms with Gasteiger partial charge >= 0.3 is 0 Å². The molecular formula is C9H18ClNO. The molecule has 3 heteroatoms. The average molecular weight is 192 g/mol. The van der Waals surface area contributed by atoms with Crippen LogP contribution in [0.4, 0.5) is 0 Å². The fourth-order valence-corrected chi connectivity index (χ4v) is 1.83. The predicted molar refractivity (Wildman–Crippen MR) is 51.6 cm³/mol. The lowest BCUT2D eigenvalue weighted by Gasteiger charge is -2.37. The van der Waals surface area contributed by atoms with E-state index in [9.17, 15) is 0 Å². The van der Waals surface area contributed by atoms with Crippen molar-refractivity contribution in [3.63, 3.8) is 0 Å². The second kappa shape index (κ2) is 5.79. The van der Waals surface area contributed by atoms with Crippen LogP contribution in [0.2, 0.25) is 0 Å². The van der Waals surface area contributed by atoms with Crippen molar-refractivity contribution in [3.8, 4) is 0 Å². The molecule has 1 fully saturated rings. The highest BCUT2D eigenvalue weighted by Gasteiger charge is 2.23. The summed E-state index contributed by atoms with van der Waals surface area (Å²) >= 11 is 5.70. The van der Waals surface area contributed by atoms with E-state index in [1.54, 1.807) is 0 Å². The minimum atomic E-state index is 0.297. The third-order valence-electron chi connectivity index (χ3n) is 2.57. The Bertz CT molecular complexity index is 117. The average Bonchev–Trinajstić information content (AvgIpc) is 1.97. The number of hydrogen-bond acceptors (Lipinski definition) is 2. The molecule has 0 heterocycles. The van der Waals surface area contributed by atoms with Gasteiger partial charge in [-0.3, -0.25) is 4.90 Å². The van der Waals surface area contributed by atoms with Crippen LogP contribution in [-0.4, -0.2) is 41.6 Å². The van der Waals surface area contributed by atoms with Crippen LogP contribution in [-0.2, 0) is 0 Å². The van der Waals surface area contributed by atoms with Crippen molar-refractivity contribution in [3.05, 3.63) is 0 Å². The summed E-state index contributed by atoms with van der Waals surface area (Å²) in [5.41, 5.74) is 0. The third kappa shape index (κ3) is 2.92. The molecule has 1 aliphatic rings. The Kier molecular flexibility index (Phi) is 4.96. The molecule has 12 heavy (non-hydrogen) atoms. The van der Waals surface area contributed by atoms with Gasteiger partial charge in [0.05, 0.1) is 0 Å². The van der Waals surface area contributed by atoms with Gasteiger partial charge in [-0.25, -0.2) is 0 Å². The molecule has 0 aromatic heterocycles. The number of nitrogens with zero attached hydrogens (tertiary/aromatic N) is 1. The summed E-state index contributed by atoms with van der Waals surface area (Å²) in [5, 5.41) is 8.70. The number of halogens is 1. The minimum Gasteiger partial charge on any atom is -0.396 e. The second-order valence-electron chi connectivity index (χ2n) is 3.39. The van der Waals surface area contributed by atoms with E-state index >= 15 is 0 Å². The van der Waals surface area contributed by atoms with Crippen LogP contribution in [0.5, 0.6) is 0 Å². The first-order valence-electron chi connectivity index (χ1n) is 4.79. The molecule has 0 saturated heterocycles. The van der Waals surface area contributed by atoms with E-state index in [0.717, 1.165) is 25.6 Å². The van der Waals surface area contributed by atoms with Gasteiger partial charge < -0.3 is 5.11 Å². The molecule has 2 nitrogen and oxygen atoms in total. The molecule has 72 valence electrons. The van der Waals surface area contributed by atoms with E-state index in [4.69, 9.17) is 16.7 Å². The van der Waals surface area contributed by atoms with E-state index in [-0.39, 0.29) is 0 Å². The fraction of sp³-hybridized carbons (Fsp3) is 1.00.